The minimum Gasteiger partial charge on any atom is -0.339 e. The zero-order valence-electron chi connectivity index (χ0n) is 11.9. The minimum atomic E-state index is 0.0278. The highest BCUT2D eigenvalue weighted by Gasteiger charge is 2.26. The van der Waals surface area contributed by atoms with Crippen LogP contribution in [0.2, 0.25) is 10.0 Å². The number of amides is 1. The zero-order chi connectivity index (χ0) is 14.8. The average Bonchev–Trinajstić information content (AvgIpc) is 3.28. The van der Waals surface area contributed by atoms with Crippen molar-refractivity contribution in [2.24, 2.45) is 5.92 Å². The highest BCUT2D eigenvalue weighted by atomic mass is 35.5. The van der Waals surface area contributed by atoms with E-state index in [1.807, 2.05) is 4.90 Å². The first-order valence-corrected chi connectivity index (χ1v) is 8.36. The largest absolute Gasteiger partial charge is 0.339 e. The van der Waals surface area contributed by atoms with Crippen molar-refractivity contribution < 1.29 is 4.79 Å². The Morgan fingerprint density at radius 1 is 1.10 bits per heavy atom. The predicted octanol–water partition coefficient (Wildman–Crippen LogP) is 3.60. The van der Waals surface area contributed by atoms with Crippen LogP contribution in [-0.4, -0.2) is 36.5 Å². The smallest absolute Gasteiger partial charge is 0.253 e. The van der Waals surface area contributed by atoms with Crippen molar-refractivity contribution in [3.05, 3.63) is 33.8 Å². The number of benzene rings is 1. The van der Waals surface area contributed by atoms with Crippen molar-refractivity contribution in [2.75, 3.05) is 19.6 Å². The van der Waals surface area contributed by atoms with E-state index in [1.165, 1.54) is 12.8 Å². The lowest BCUT2D eigenvalue weighted by Gasteiger charge is -2.32. The normalized spacial score (nSPS) is 19.8. The molecule has 0 unspecified atom stereocenters. The molecule has 1 heterocycles. The molecule has 2 fully saturated rings. The molecule has 1 amide bonds. The number of likely N-dealkylation sites (tertiary alicyclic amines) is 1. The van der Waals surface area contributed by atoms with Gasteiger partial charge in [0.25, 0.3) is 5.91 Å². The molecule has 1 aromatic carbocycles. The Bertz CT molecular complexity index is 503. The van der Waals surface area contributed by atoms with Crippen molar-refractivity contribution in [1.29, 1.82) is 0 Å². The summed E-state index contributed by atoms with van der Waals surface area (Å²) in [5.74, 6) is 0.929. The Morgan fingerprint density at radius 2 is 1.71 bits per heavy atom. The van der Waals surface area contributed by atoms with Gasteiger partial charge in [-0.25, -0.2) is 0 Å². The standard InChI is InChI=1S/C16H20Cl2N2O/c17-13-7-12(8-14(18)9-13)16(21)20-5-3-15(4-6-20)19-10-11-1-2-11/h7-9,11,15,19H,1-6,10H2. The summed E-state index contributed by atoms with van der Waals surface area (Å²) in [4.78, 5) is 14.4. The van der Waals surface area contributed by atoms with E-state index in [0.717, 1.165) is 38.4 Å². The molecule has 114 valence electrons. The first-order chi connectivity index (χ1) is 10.1. The number of nitrogens with zero attached hydrogens (tertiary/aromatic N) is 1. The molecule has 1 aromatic rings. The van der Waals surface area contributed by atoms with E-state index in [0.29, 0.717) is 21.7 Å². The van der Waals surface area contributed by atoms with Crippen LogP contribution < -0.4 is 5.32 Å². The zero-order valence-corrected chi connectivity index (χ0v) is 13.5. The number of hydrogen-bond acceptors (Lipinski definition) is 2. The Balaban J connectivity index is 1.54. The summed E-state index contributed by atoms with van der Waals surface area (Å²) in [6.45, 7) is 2.74. The molecule has 1 saturated heterocycles. The van der Waals surface area contributed by atoms with Gasteiger partial charge in [0.1, 0.15) is 0 Å². The van der Waals surface area contributed by atoms with E-state index in [-0.39, 0.29) is 5.91 Å². The van der Waals surface area contributed by atoms with Gasteiger partial charge in [0, 0.05) is 34.7 Å². The Hall–Kier alpha value is -0.770. The van der Waals surface area contributed by atoms with E-state index < -0.39 is 0 Å². The molecule has 1 saturated carbocycles. The van der Waals surface area contributed by atoms with Gasteiger partial charge >= 0.3 is 0 Å². The number of carbonyl (C=O) groups is 1. The maximum Gasteiger partial charge on any atom is 0.253 e. The van der Waals surface area contributed by atoms with Crippen molar-refractivity contribution in [3.63, 3.8) is 0 Å². The molecule has 1 N–H and O–H groups in total. The Labute approximate surface area is 135 Å². The SMILES string of the molecule is O=C(c1cc(Cl)cc(Cl)c1)N1CCC(NCC2CC2)CC1. The molecule has 3 nitrogen and oxygen atoms in total. The van der Waals surface area contributed by atoms with Crippen molar-refractivity contribution >= 4 is 29.1 Å². The molecule has 0 spiro atoms. The maximum atomic E-state index is 12.5. The second-order valence-electron chi connectivity index (χ2n) is 6.08. The van der Waals surface area contributed by atoms with E-state index in [9.17, 15) is 4.79 Å². The maximum absolute atomic E-state index is 12.5. The average molecular weight is 327 g/mol. The lowest BCUT2D eigenvalue weighted by atomic mass is 10.0. The predicted molar refractivity (Wildman–Crippen MR) is 86.1 cm³/mol. The molecule has 21 heavy (non-hydrogen) atoms. The number of carbonyl (C=O) groups excluding carboxylic acids is 1. The van der Waals surface area contributed by atoms with Crippen LogP contribution in [0.4, 0.5) is 0 Å². The van der Waals surface area contributed by atoms with Gasteiger partial charge in [0.15, 0.2) is 0 Å². The van der Waals surface area contributed by atoms with Gasteiger partial charge in [0.2, 0.25) is 0 Å². The number of halogens is 2. The second kappa shape index (κ2) is 6.55. The molecule has 2 aliphatic rings. The first kappa shape index (κ1) is 15.1. The van der Waals surface area contributed by atoms with E-state index in [1.54, 1.807) is 18.2 Å². The van der Waals surface area contributed by atoms with Gasteiger partial charge in [-0.15, -0.1) is 0 Å². The highest BCUT2D eigenvalue weighted by Crippen LogP contribution is 2.28. The second-order valence-corrected chi connectivity index (χ2v) is 6.95. The summed E-state index contributed by atoms with van der Waals surface area (Å²) in [5, 5.41) is 4.63. The minimum absolute atomic E-state index is 0.0278. The summed E-state index contributed by atoms with van der Waals surface area (Å²) in [6, 6.07) is 5.58. The van der Waals surface area contributed by atoms with Gasteiger partial charge in [0.05, 0.1) is 0 Å². The third kappa shape index (κ3) is 4.12. The van der Waals surface area contributed by atoms with Crippen molar-refractivity contribution in [2.45, 2.75) is 31.7 Å². The molecule has 5 heteroatoms. The van der Waals surface area contributed by atoms with E-state index in [2.05, 4.69) is 5.32 Å². The van der Waals surface area contributed by atoms with Crippen molar-refractivity contribution in [3.8, 4) is 0 Å². The molecular weight excluding hydrogens is 307 g/mol. The fourth-order valence-corrected chi connectivity index (χ4v) is 3.33. The van der Waals surface area contributed by atoms with Crippen LogP contribution in [0.5, 0.6) is 0 Å². The molecular formula is C16H20Cl2N2O. The summed E-state index contributed by atoms with van der Waals surface area (Å²) in [7, 11) is 0. The highest BCUT2D eigenvalue weighted by molar-refractivity contribution is 6.35. The monoisotopic (exact) mass is 326 g/mol. The molecule has 3 rings (SSSR count). The molecule has 0 atom stereocenters. The first-order valence-electron chi connectivity index (χ1n) is 7.60. The Kier molecular flexibility index (Phi) is 4.72. The molecule has 0 aromatic heterocycles. The topological polar surface area (TPSA) is 32.3 Å². The fourth-order valence-electron chi connectivity index (χ4n) is 2.80. The number of piperidine rings is 1. The lowest BCUT2D eigenvalue weighted by molar-refractivity contribution is 0.0705. The Morgan fingerprint density at radius 3 is 2.29 bits per heavy atom. The van der Waals surface area contributed by atoms with Gasteiger partial charge in [-0.1, -0.05) is 23.2 Å². The summed E-state index contributed by atoms with van der Waals surface area (Å²) in [5.41, 5.74) is 0.580. The quantitative estimate of drug-likeness (QED) is 0.916. The number of rotatable bonds is 4. The van der Waals surface area contributed by atoms with Gasteiger partial charge < -0.3 is 10.2 Å². The van der Waals surface area contributed by atoms with Crippen LogP contribution in [0.15, 0.2) is 18.2 Å². The summed E-state index contributed by atoms with van der Waals surface area (Å²) < 4.78 is 0. The third-order valence-electron chi connectivity index (χ3n) is 4.28. The summed E-state index contributed by atoms with van der Waals surface area (Å²) in [6.07, 6.45) is 4.79. The van der Waals surface area contributed by atoms with Crippen LogP contribution in [0.3, 0.4) is 0 Å². The van der Waals surface area contributed by atoms with Gasteiger partial charge in [-0.3, -0.25) is 4.79 Å². The van der Waals surface area contributed by atoms with Crippen LogP contribution in [0.1, 0.15) is 36.0 Å². The number of nitrogens with one attached hydrogen (secondary N) is 1. The van der Waals surface area contributed by atoms with E-state index in [4.69, 9.17) is 23.2 Å². The van der Waals surface area contributed by atoms with Crippen LogP contribution in [0, 0.1) is 5.92 Å². The molecule has 0 radical (unpaired) electrons. The molecule has 1 aliphatic carbocycles. The lowest BCUT2D eigenvalue weighted by Crippen LogP contribution is -2.45. The van der Waals surface area contributed by atoms with Gasteiger partial charge in [-0.05, 0) is 56.3 Å². The van der Waals surface area contributed by atoms with Gasteiger partial charge in [-0.2, -0.15) is 0 Å². The third-order valence-corrected chi connectivity index (χ3v) is 4.72. The molecule has 1 aliphatic heterocycles. The van der Waals surface area contributed by atoms with Crippen LogP contribution >= 0.6 is 23.2 Å². The summed E-state index contributed by atoms with van der Waals surface area (Å²) >= 11 is 11.9. The van der Waals surface area contributed by atoms with Crippen LogP contribution in [-0.2, 0) is 0 Å². The van der Waals surface area contributed by atoms with E-state index >= 15 is 0 Å². The number of hydrogen-bond donors (Lipinski definition) is 1. The van der Waals surface area contributed by atoms with Crippen LogP contribution in [0.25, 0.3) is 0 Å². The molecule has 0 bridgehead atoms. The fraction of sp³-hybridized carbons (Fsp3) is 0.562. The van der Waals surface area contributed by atoms with Crippen molar-refractivity contribution in [1.82, 2.24) is 10.2 Å².